The number of hydrogen-bond acceptors (Lipinski definition) is 16. The third-order valence-electron chi connectivity index (χ3n) is 18.1. The smallest absolute Gasteiger partial charge is 0.410 e. The average Bonchev–Trinajstić information content (AvgIpc) is 1.22. The van der Waals surface area contributed by atoms with Crippen LogP contribution < -0.4 is 27.0 Å². The van der Waals surface area contributed by atoms with Crippen molar-refractivity contribution in [3.63, 3.8) is 0 Å². The van der Waals surface area contributed by atoms with E-state index in [0.717, 1.165) is 10.5 Å². The van der Waals surface area contributed by atoms with Crippen molar-refractivity contribution >= 4 is 82.1 Å². The second-order valence-corrected chi connectivity index (χ2v) is 27.3. The minimum atomic E-state index is -0.927. The van der Waals surface area contributed by atoms with Gasteiger partial charge < -0.3 is 51.0 Å². The summed E-state index contributed by atoms with van der Waals surface area (Å²) in [6.45, 7) is 22.4. The first-order valence-electron chi connectivity index (χ1n) is 34.7. The molecule has 4 rings (SSSR count). The highest BCUT2D eigenvalue weighted by atomic mass is 32.1. The second-order valence-electron chi connectivity index (χ2n) is 26.4. The molecule has 24 heteroatoms. The summed E-state index contributed by atoms with van der Waals surface area (Å²) in [6, 6.07) is 13.0. The van der Waals surface area contributed by atoms with Crippen molar-refractivity contribution in [1.29, 1.82) is 0 Å². The molecule has 3 aromatic rings. The Labute approximate surface area is 578 Å². The van der Waals surface area contributed by atoms with E-state index in [2.05, 4.69) is 35.1 Å². The summed E-state index contributed by atoms with van der Waals surface area (Å²) in [5, 5.41) is 13.7. The average molecular weight is 1370 g/mol. The van der Waals surface area contributed by atoms with Gasteiger partial charge in [-0.3, -0.25) is 48.1 Å². The molecule has 1 aliphatic heterocycles. The summed E-state index contributed by atoms with van der Waals surface area (Å²) in [7, 11) is 2.88. The molecule has 0 spiro atoms. The number of imide groups is 1. The highest BCUT2D eigenvalue weighted by molar-refractivity contribution is 7.09. The maximum atomic E-state index is 15.4. The third kappa shape index (κ3) is 26.5. The number of likely N-dealkylation sites (N-methyl/N-ethyl adjacent to an activating group) is 1. The van der Waals surface area contributed by atoms with Crippen LogP contribution in [-0.2, 0) is 65.6 Å². The van der Waals surface area contributed by atoms with Crippen LogP contribution in [0.25, 0.3) is 0 Å². The van der Waals surface area contributed by atoms with Crippen LogP contribution in [0, 0.1) is 41.4 Å². The predicted octanol–water partition coefficient (Wildman–Crippen LogP) is 10.7. The molecule has 0 saturated carbocycles. The van der Waals surface area contributed by atoms with E-state index in [1.54, 1.807) is 50.4 Å². The fourth-order valence-electron chi connectivity index (χ4n) is 12.1. The number of nitrogens with two attached hydrogens (primary N) is 1. The number of hydrogen-bond donors (Lipinski definition) is 5. The lowest BCUT2D eigenvalue weighted by Crippen LogP contribution is -2.51. The summed E-state index contributed by atoms with van der Waals surface area (Å²) in [5.74, 6) is -5.97. The number of aromatic nitrogens is 1. The molecule has 2 aromatic carbocycles. The van der Waals surface area contributed by atoms with Crippen molar-refractivity contribution < 1.29 is 67.0 Å². The Balaban J connectivity index is 1.45. The first kappa shape index (κ1) is 81.6. The number of primary amides is 1. The number of nitrogens with one attached hydrogen (secondary N) is 4. The fourth-order valence-corrected chi connectivity index (χ4v) is 12.9. The number of anilines is 1. The molecule has 97 heavy (non-hydrogen) atoms. The monoisotopic (exact) mass is 1370 g/mol. The molecule has 1 aromatic heterocycles. The maximum absolute atomic E-state index is 15.4. The van der Waals surface area contributed by atoms with Gasteiger partial charge in [-0.15, -0.1) is 11.3 Å². The largest absolute Gasteiger partial charge is 0.469 e. The molecule has 0 fully saturated rings. The number of unbranched alkanes of at least 4 members (excludes halogenated alkanes) is 2. The van der Waals surface area contributed by atoms with Gasteiger partial charge >= 0.3 is 18.1 Å². The van der Waals surface area contributed by atoms with E-state index in [4.69, 9.17) is 24.9 Å². The lowest BCUT2D eigenvalue weighted by atomic mass is 9.81. The van der Waals surface area contributed by atoms with Gasteiger partial charge in [-0.25, -0.2) is 14.6 Å². The zero-order valence-electron chi connectivity index (χ0n) is 59.5. The highest BCUT2D eigenvalue weighted by Crippen LogP contribution is 2.34. The highest BCUT2D eigenvalue weighted by Gasteiger charge is 2.41. The molecule has 23 nitrogen and oxygen atoms in total. The van der Waals surface area contributed by atoms with Gasteiger partial charge in [0.05, 0.1) is 25.1 Å². The summed E-state index contributed by atoms with van der Waals surface area (Å²) in [6.07, 6.45) is 6.77. The zero-order valence-corrected chi connectivity index (χ0v) is 60.3. The number of Topliss-reactive ketones (excluding diaryl/α,β-unsaturated/α-hetero) is 2. The quantitative estimate of drug-likeness (QED) is 0.0200. The van der Waals surface area contributed by atoms with Crippen LogP contribution in [0.1, 0.15) is 199 Å². The Bertz CT molecular complexity index is 3070. The number of nitrogens with zero attached hydrogens (tertiary/aromatic N) is 4. The van der Waals surface area contributed by atoms with Gasteiger partial charge in [-0.1, -0.05) is 138 Å². The van der Waals surface area contributed by atoms with Crippen molar-refractivity contribution in [2.24, 2.45) is 47.2 Å². The molecule has 2 heterocycles. The van der Waals surface area contributed by atoms with Gasteiger partial charge in [0.1, 0.15) is 23.4 Å². The SMILES string of the molecule is CCCO[C@H](C[C@H](C(C)C)N(CCC)C(=O)[C@@H](CC(=O)[C@H]([C@@H](C)CC)N(C)C(=O)OCc1ccc(NC(=O)[C@H](CCCNC(N)=O)CC(=O)[C@@H](NC(=O)CCCCCN2C(=O)C=CC2=O)C(C)C)cc1)[C@@H](C)CC)c1nc(C(=O)N[C@@H](Cc2ccccc2)C[C@H](C)C(=O)OC)cs1. The topological polar surface area (TPSA) is 312 Å². The Kier molecular flexibility index (Phi) is 35.4. The molecule has 536 valence electrons. The first-order chi connectivity index (χ1) is 46.2. The number of ether oxygens (including phenoxy) is 3. The first-order valence-corrected chi connectivity index (χ1v) is 35.6. The number of ketones is 2. The number of urea groups is 1. The maximum Gasteiger partial charge on any atom is 0.410 e. The molecule has 9 amide bonds. The van der Waals surface area contributed by atoms with E-state index < -0.39 is 60.0 Å². The van der Waals surface area contributed by atoms with Gasteiger partial charge in [-0.05, 0) is 98.3 Å². The molecular formula is C73H109N9O14S. The number of methoxy groups -OCH3 is 1. The molecule has 6 N–H and O–H groups in total. The van der Waals surface area contributed by atoms with Crippen LogP contribution in [0.5, 0.6) is 0 Å². The Morgan fingerprint density at radius 3 is 2.01 bits per heavy atom. The van der Waals surface area contributed by atoms with Crippen molar-refractivity contribution in [3.8, 4) is 0 Å². The number of esters is 1. The van der Waals surface area contributed by atoms with E-state index in [9.17, 15) is 47.9 Å². The lowest BCUT2D eigenvalue weighted by molar-refractivity contribution is -0.145. The van der Waals surface area contributed by atoms with Crippen LogP contribution in [0.15, 0.2) is 72.1 Å². The molecular weight excluding hydrogens is 1260 g/mol. The number of amides is 9. The number of rotatable bonds is 45. The van der Waals surface area contributed by atoms with Crippen LogP contribution in [0.3, 0.4) is 0 Å². The second kappa shape index (κ2) is 42.1. The van der Waals surface area contributed by atoms with E-state index in [1.807, 2.05) is 76.8 Å². The van der Waals surface area contributed by atoms with Crippen LogP contribution in [0.2, 0.25) is 0 Å². The van der Waals surface area contributed by atoms with Crippen molar-refractivity contribution in [1.82, 2.24) is 35.6 Å². The van der Waals surface area contributed by atoms with Gasteiger partial charge in [0.25, 0.3) is 17.7 Å². The summed E-state index contributed by atoms with van der Waals surface area (Å²) >= 11 is 1.32. The Morgan fingerprint density at radius 2 is 1.41 bits per heavy atom. The molecule has 0 unspecified atom stereocenters. The number of carbonyl (C=O) groups is 11. The van der Waals surface area contributed by atoms with E-state index in [-0.39, 0.29) is 128 Å². The molecule has 0 aliphatic carbocycles. The summed E-state index contributed by atoms with van der Waals surface area (Å²) < 4.78 is 17.4. The summed E-state index contributed by atoms with van der Waals surface area (Å²) in [4.78, 5) is 156. The standard InChI is InChI=1S/C73H109N9O14S/c1-14-36-81(58(46(5)6)43-61(95-38-15-2)69-78-57(45-97-69)68(89)77-55(39-50(11)71(91)94-13)40-51-25-20-18-21-26-51)70(90)56(48(9)16-3)42-60(84)66(49(10)17-4)80(12)73(93)96-44-52-29-31-54(32-30-52)76-67(88)53(27-24-35-75-72(74)92)41-59(83)65(47(7)8)79-62(85)28-22-19-23-37-82-63(86)33-34-64(82)87/h18,20-21,25-26,29-34,45-50,53,55-56,58,61,65-66H,14-17,19,22-24,27-28,35-44H2,1-13H3,(H,76,88)(H,77,89)(H,79,85)(H3,74,75,92)/t48-,49-,50-,53+,55+,56-,58+,61+,65-,66-/m0/s1. The molecule has 10 atom stereocenters. The Hall–Kier alpha value is -7.86. The van der Waals surface area contributed by atoms with Gasteiger partial charge in [0.2, 0.25) is 17.7 Å². The van der Waals surface area contributed by atoms with Gasteiger partial charge in [-0.2, -0.15) is 0 Å². The van der Waals surface area contributed by atoms with Gasteiger partial charge in [0, 0.05) is 106 Å². The number of thiazole rings is 1. The van der Waals surface area contributed by atoms with Crippen molar-refractivity contribution in [3.05, 3.63) is 94.0 Å². The van der Waals surface area contributed by atoms with E-state index in [1.165, 1.54) is 42.5 Å². The fraction of sp³-hybridized carbons (Fsp3) is 0.616. The normalized spacial score (nSPS) is 15.3. The van der Waals surface area contributed by atoms with E-state index >= 15 is 4.79 Å². The molecule has 0 radical (unpaired) electrons. The van der Waals surface area contributed by atoms with Crippen molar-refractivity contribution in [2.75, 3.05) is 45.7 Å². The minimum Gasteiger partial charge on any atom is -0.469 e. The summed E-state index contributed by atoms with van der Waals surface area (Å²) in [5.41, 5.74) is 7.47. The van der Waals surface area contributed by atoms with Crippen molar-refractivity contribution in [2.45, 2.75) is 209 Å². The van der Waals surface area contributed by atoms with Crippen LogP contribution in [0.4, 0.5) is 15.3 Å². The Morgan fingerprint density at radius 1 is 0.742 bits per heavy atom. The molecule has 1 aliphatic rings. The van der Waals surface area contributed by atoms with Gasteiger partial charge in [0.15, 0.2) is 11.6 Å². The number of carbonyl (C=O) groups excluding carboxylic acids is 11. The predicted molar refractivity (Wildman–Crippen MR) is 373 cm³/mol. The number of benzene rings is 2. The third-order valence-corrected chi connectivity index (χ3v) is 19.0. The molecule has 0 saturated heterocycles. The lowest BCUT2D eigenvalue weighted by Gasteiger charge is -2.40. The van der Waals surface area contributed by atoms with Crippen LogP contribution in [-0.4, -0.2) is 149 Å². The van der Waals surface area contributed by atoms with Crippen LogP contribution >= 0.6 is 11.3 Å². The van der Waals surface area contributed by atoms with E-state index in [0.29, 0.717) is 100 Å². The zero-order chi connectivity index (χ0) is 71.9. The minimum absolute atomic E-state index is 0.0573. The molecule has 0 bridgehead atoms.